The summed E-state index contributed by atoms with van der Waals surface area (Å²) in [6.07, 6.45) is 5.35. The van der Waals surface area contributed by atoms with Crippen molar-refractivity contribution in [1.29, 1.82) is 0 Å². The largest absolute Gasteiger partial charge is 0.465 e. The minimum absolute atomic E-state index is 0. The molecule has 0 unspecified atom stereocenters. The molecule has 5 nitrogen and oxygen atoms in total. The van der Waals surface area contributed by atoms with Gasteiger partial charge >= 0.3 is 5.97 Å². The van der Waals surface area contributed by atoms with E-state index in [-0.39, 0.29) is 18.4 Å². The zero-order valence-electron chi connectivity index (χ0n) is 11.0. The molecule has 0 aromatic carbocycles. The number of halogens is 1. The van der Waals surface area contributed by atoms with E-state index in [1.165, 1.54) is 17.8 Å². The summed E-state index contributed by atoms with van der Waals surface area (Å²) in [6.45, 7) is 3.36. The van der Waals surface area contributed by atoms with Gasteiger partial charge < -0.3 is 10.5 Å². The molecule has 1 aliphatic carbocycles. The number of esters is 1. The highest BCUT2D eigenvalue weighted by molar-refractivity contribution is 7.15. The van der Waals surface area contributed by atoms with Crippen LogP contribution in [0.5, 0.6) is 0 Å². The first-order valence-electron chi connectivity index (χ1n) is 6.29. The molecule has 19 heavy (non-hydrogen) atoms. The predicted octanol–water partition coefficient (Wildman–Crippen LogP) is 2.06. The maximum absolute atomic E-state index is 11.6. The second kappa shape index (κ2) is 7.67. The molecule has 0 aliphatic heterocycles. The summed E-state index contributed by atoms with van der Waals surface area (Å²) < 4.78 is 5.02. The molecule has 1 saturated carbocycles. The molecule has 2 N–H and O–H groups in total. The quantitative estimate of drug-likeness (QED) is 0.815. The normalized spacial score (nSPS) is 14.8. The Labute approximate surface area is 123 Å². The van der Waals surface area contributed by atoms with E-state index in [0.717, 1.165) is 24.3 Å². The van der Waals surface area contributed by atoms with Crippen LogP contribution in [-0.2, 0) is 16.1 Å². The van der Waals surface area contributed by atoms with Gasteiger partial charge in [0.05, 0.1) is 13.2 Å². The molecular formula is C12H20ClN3O2S. The molecule has 7 heteroatoms. The second-order valence-electron chi connectivity index (χ2n) is 4.46. The first-order chi connectivity index (χ1) is 8.69. The number of aromatic nitrogens is 1. The number of nitrogen functional groups attached to an aromatic ring is 1. The minimum atomic E-state index is -0.151. The topological polar surface area (TPSA) is 68.5 Å². The van der Waals surface area contributed by atoms with Gasteiger partial charge in [0.2, 0.25) is 0 Å². The number of nitrogens with zero attached hydrogens (tertiary/aromatic N) is 2. The van der Waals surface area contributed by atoms with Crippen LogP contribution in [0.4, 0.5) is 5.13 Å². The number of nitrogens with two attached hydrogens (primary N) is 1. The standard InChI is InChI=1S/C12H19N3O2S.ClH/c1-2-17-11(16)8-15(9-4-3-5-9)7-10-6-14-12(13)18-10;/h6,9H,2-5,7-8H2,1H3,(H2,13,14);1H. The SMILES string of the molecule is CCOC(=O)CN(Cc1cnc(N)s1)C1CCC1.Cl. The number of thiazole rings is 1. The average molecular weight is 306 g/mol. The summed E-state index contributed by atoms with van der Waals surface area (Å²) in [7, 11) is 0. The monoisotopic (exact) mass is 305 g/mol. The van der Waals surface area contributed by atoms with Gasteiger partial charge in [-0.3, -0.25) is 9.69 Å². The lowest BCUT2D eigenvalue weighted by Gasteiger charge is -2.36. The van der Waals surface area contributed by atoms with Crippen LogP contribution in [-0.4, -0.2) is 35.0 Å². The van der Waals surface area contributed by atoms with Crippen molar-refractivity contribution < 1.29 is 9.53 Å². The lowest BCUT2D eigenvalue weighted by Crippen LogP contribution is -2.42. The molecule has 0 atom stereocenters. The zero-order valence-corrected chi connectivity index (χ0v) is 12.6. The van der Waals surface area contributed by atoms with Gasteiger partial charge in [0.1, 0.15) is 0 Å². The summed E-state index contributed by atoms with van der Waals surface area (Å²) in [6, 6.07) is 0.498. The lowest BCUT2D eigenvalue weighted by atomic mass is 9.91. The fraction of sp³-hybridized carbons (Fsp3) is 0.667. The molecule has 108 valence electrons. The van der Waals surface area contributed by atoms with Gasteiger partial charge in [0.25, 0.3) is 0 Å². The third-order valence-corrected chi connectivity index (χ3v) is 3.97. The van der Waals surface area contributed by atoms with Crippen LogP contribution in [0.2, 0.25) is 0 Å². The molecule has 1 heterocycles. The van der Waals surface area contributed by atoms with Crippen LogP contribution in [0.1, 0.15) is 31.1 Å². The van der Waals surface area contributed by atoms with E-state index in [4.69, 9.17) is 10.5 Å². The first-order valence-corrected chi connectivity index (χ1v) is 7.10. The van der Waals surface area contributed by atoms with E-state index in [1.54, 1.807) is 6.20 Å². The van der Waals surface area contributed by atoms with E-state index in [1.807, 2.05) is 6.92 Å². The number of anilines is 1. The summed E-state index contributed by atoms with van der Waals surface area (Å²) in [5.74, 6) is -0.151. The predicted molar refractivity (Wildman–Crippen MR) is 78.5 cm³/mol. The number of rotatable bonds is 6. The Morgan fingerprint density at radius 2 is 2.37 bits per heavy atom. The van der Waals surface area contributed by atoms with E-state index in [0.29, 0.717) is 24.3 Å². The van der Waals surface area contributed by atoms with Crippen LogP contribution >= 0.6 is 23.7 Å². The molecule has 2 rings (SSSR count). The maximum atomic E-state index is 11.6. The summed E-state index contributed by atoms with van der Waals surface area (Å²) >= 11 is 1.48. The van der Waals surface area contributed by atoms with E-state index in [9.17, 15) is 4.79 Å². The van der Waals surface area contributed by atoms with Gasteiger partial charge in [-0.15, -0.1) is 23.7 Å². The number of ether oxygens (including phenoxy) is 1. The molecule has 0 bridgehead atoms. The third-order valence-electron chi connectivity index (χ3n) is 3.16. The van der Waals surface area contributed by atoms with Gasteiger partial charge in [0.15, 0.2) is 5.13 Å². The van der Waals surface area contributed by atoms with Crippen molar-refractivity contribution in [3.05, 3.63) is 11.1 Å². The van der Waals surface area contributed by atoms with Crippen LogP contribution < -0.4 is 5.73 Å². The van der Waals surface area contributed by atoms with Crippen LogP contribution in [0, 0.1) is 0 Å². The number of carbonyl (C=O) groups is 1. The highest BCUT2D eigenvalue weighted by Gasteiger charge is 2.27. The molecule has 0 spiro atoms. The van der Waals surface area contributed by atoms with Gasteiger partial charge in [-0.25, -0.2) is 4.98 Å². The van der Waals surface area contributed by atoms with Crippen molar-refractivity contribution in [2.75, 3.05) is 18.9 Å². The maximum Gasteiger partial charge on any atom is 0.320 e. The summed E-state index contributed by atoms with van der Waals surface area (Å²) in [4.78, 5) is 18.9. The van der Waals surface area contributed by atoms with Crippen molar-refractivity contribution in [3.63, 3.8) is 0 Å². The molecule has 1 aromatic rings. The van der Waals surface area contributed by atoms with Crippen molar-refractivity contribution in [2.45, 2.75) is 38.8 Å². The number of hydrogen-bond donors (Lipinski definition) is 1. The van der Waals surface area contributed by atoms with Gasteiger partial charge in [-0.1, -0.05) is 6.42 Å². The fourth-order valence-electron chi connectivity index (χ4n) is 2.03. The molecule has 0 saturated heterocycles. The number of carbonyl (C=O) groups excluding carboxylic acids is 1. The fourth-order valence-corrected chi connectivity index (χ4v) is 2.74. The third kappa shape index (κ3) is 4.63. The minimum Gasteiger partial charge on any atom is -0.465 e. The van der Waals surface area contributed by atoms with Crippen LogP contribution in [0.3, 0.4) is 0 Å². The van der Waals surface area contributed by atoms with E-state index in [2.05, 4.69) is 9.88 Å². The molecule has 0 radical (unpaired) electrons. The average Bonchev–Trinajstić information content (AvgIpc) is 2.61. The smallest absolute Gasteiger partial charge is 0.320 e. The summed E-state index contributed by atoms with van der Waals surface area (Å²) in [5.41, 5.74) is 5.62. The van der Waals surface area contributed by atoms with Crippen molar-refractivity contribution in [1.82, 2.24) is 9.88 Å². The first kappa shape index (κ1) is 16.2. The molecule has 1 aromatic heterocycles. The lowest BCUT2D eigenvalue weighted by molar-refractivity contribution is -0.145. The van der Waals surface area contributed by atoms with Crippen molar-refractivity contribution >= 4 is 34.8 Å². The van der Waals surface area contributed by atoms with Crippen molar-refractivity contribution in [3.8, 4) is 0 Å². The Hall–Kier alpha value is -0.850. The molecule has 1 fully saturated rings. The Kier molecular flexibility index (Phi) is 6.54. The highest BCUT2D eigenvalue weighted by atomic mass is 35.5. The number of hydrogen-bond acceptors (Lipinski definition) is 6. The van der Waals surface area contributed by atoms with Crippen LogP contribution in [0.15, 0.2) is 6.20 Å². The second-order valence-corrected chi connectivity index (χ2v) is 5.61. The van der Waals surface area contributed by atoms with Gasteiger partial charge in [0, 0.05) is 23.7 Å². The van der Waals surface area contributed by atoms with Gasteiger partial charge in [-0.05, 0) is 19.8 Å². The zero-order chi connectivity index (χ0) is 13.0. The molecule has 0 amide bonds. The Morgan fingerprint density at radius 1 is 1.63 bits per heavy atom. The Bertz CT molecular complexity index is 409. The van der Waals surface area contributed by atoms with E-state index < -0.39 is 0 Å². The molecule has 1 aliphatic rings. The van der Waals surface area contributed by atoms with E-state index >= 15 is 0 Å². The molecular weight excluding hydrogens is 286 g/mol. The Balaban J connectivity index is 0.00000180. The Morgan fingerprint density at radius 3 is 2.84 bits per heavy atom. The highest BCUT2D eigenvalue weighted by Crippen LogP contribution is 2.27. The van der Waals surface area contributed by atoms with Crippen LogP contribution in [0.25, 0.3) is 0 Å². The van der Waals surface area contributed by atoms with Gasteiger partial charge in [-0.2, -0.15) is 0 Å². The summed E-state index contributed by atoms with van der Waals surface area (Å²) in [5, 5.41) is 0.578. The van der Waals surface area contributed by atoms with Crippen molar-refractivity contribution in [2.24, 2.45) is 0 Å².